The normalized spacial score (nSPS) is 10.6. The molecule has 1 amide bonds. The van der Waals surface area contributed by atoms with E-state index in [4.69, 9.17) is 4.74 Å². The van der Waals surface area contributed by atoms with Crippen molar-refractivity contribution in [1.82, 2.24) is 4.90 Å². The average Bonchev–Trinajstić information content (AvgIpc) is 2.51. The van der Waals surface area contributed by atoms with Gasteiger partial charge < -0.3 is 10.1 Å². The molecule has 2 rings (SSSR count). The first-order valence-electron chi connectivity index (χ1n) is 7.53. The van der Waals surface area contributed by atoms with E-state index in [1.807, 2.05) is 43.1 Å². The number of hydrogen-bond donors (Lipinski definition) is 1. The summed E-state index contributed by atoms with van der Waals surface area (Å²) in [6.45, 7) is 3.24. The zero-order valence-corrected chi connectivity index (χ0v) is 13.4. The molecule has 0 aliphatic carbocycles. The number of carbonyl (C=O) groups is 1. The molecule has 0 heterocycles. The van der Waals surface area contributed by atoms with Crippen LogP contribution in [0.3, 0.4) is 0 Å². The lowest BCUT2D eigenvalue weighted by Crippen LogP contribution is -2.30. The minimum Gasteiger partial charge on any atom is -0.492 e. The van der Waals surface area contributed by atoms with Crippen molar-refractivity contribution < 1.29 is 13.9 Å². The van der Waals surface area contributed by atoms with Crippen LogP contribution in [0.2, 0.25) is 0 Å². The number of para-hydroxylation sites is 2. The second-order valence-corrected chi connectivity index (χ2v) is 5.28. The molecule has 2 aromatic rings. The average molecular weight is 316 g/mol. The summed E-state index contributed by atoms with van der Waals surface area (Å²) in [6.07, 6.45) is 0. The fourth-order valence-corrected chi connectivity index (χ4v) is 2.24. The second kappa shape index (κ2) is 8.29. The maximum Gasteiger partial charge on any atom is 0.238 e. The summed E-state index contributed by atoms with van der Waals surface area (Å²) in [7, 11) is 1.84. The summed E-state index contributed by atoms with van der Waals surface area (Å²) in [5.41, 5.74) is 1.62. The molecule has 0 fully saturated rings. The van der Waals surface area contributed by atoms with Crippen molar-refractivity contribution in [3.8, 4) is 5.75 Å². The molecule has 0 atom stereocenters. The third-order valence-corrected chi connectivity index (χ3v) is 3.24. The Labute approximate surface area is 135 Å². The zero-order valence-electron chi connectivity index (χ0n) is 13.4. The lowest BCUT2D eigenvalue weighted by molar-refractivity contribution is -0.117. The van der Waals surface area contributed by atoms with E-state index < -0.39 is 0 Å². The lowest BCUT2D eigenvalue weighted by atomic mass is 10.2. The van der Waals surface area contributed by atoms with E-state index in [0.717, 1.165) is 5.56 Å². The summed E-state index contributed by atoms with van der Waals surface area (Å²) in [5, 5.41) is 2.86. The van der Waals surface area contributed by atoms with E-state index in [-0.39, 0.29) is 18.3 Å². The SMILES string of the molecule is CCOc1ccccc1NC(=O)CN(C)Cc1ccc(F)cc1. The first-order chi connectivity index (χ1) is 11.1. The molecular formula is C18H21FN2O2. The minimum atomic E-state index is -0.262. The lowest BCUT2D eigenvalue weighted by Gasteiger charge is -2.17. The molecule has 0 aliphatic heterocycles. The largest absolute Gasteiger partial charge is 0.492 e. The van der Waals surface area contributed by atoms with Crippen LogP contribution in [-0.2, 0) is 11.3 Å². The fraction of sp³-hybridized carbons (Fsp3) is 0.278. The molecule has 0 unspecified atom stereocenters. The number of ether oxygens (including phenoxy) is 1. The number of halogens is 1. The quantitative estimate of drug-likeness (QED) is 0.852. The van der Waals surface area contributed by atoms with Crippen molar-refractivity contribution in [2.24, 2.45) is 0 Å². The second-order valence-electron chi connectivity index (χ2n) is 5.28. The maximum absolute atomic E-state index is 12.9. The van der Waals surface area contributed by atoms with Gasteiger partial charge in [0, 0.05) is 6.54 Å². The Kier molecular flexibility index (Phi) is 6.11. The van der Waals surface area contributed by atoms with Gasteiger partial charge in [0.05, 0.1) is 18.8 Å². The maximum atomic E-state index is 12.9. The van der Waals surface area contributed by atoms with Gasteiger partial charge in [-0.25, -0.2) is 4.39 Å². The van der Waals surface area contributed by atoms with E-state index >= 15 is 0 Å². The molecule has 0 saturated heterocycles. The van der Waals surface area contributed by atoms with Crippen LogP contribution in [0, 0.1) is 5.82 Å². The van der Waals surface area contributed by atoms with Crippen LogP contribution in [0.15, 0.2) is 48.5 Å². The molecule has 0 spiro atoms. The zero-order chi connectivity index (χ0) is 16.7. The summed E-state index contributed by atoms with van der Waals surface area (Å²) >= 11 is 0. The number of rotatable bonds is 7. The number of amides is 1. The van der Waals surface area contributed by atoms with Crippen LogP contribution >= 0.6 is 0 Å². The van der Waals surface area contributed by atoms with E-state index in [0.29, 0.717) is 24.6 Å². The molecule has 0 bridgehead atoms. The summed E-state index contributed by atoms with van der Waals surface area (Å²) in [6, 6.07) is 13.6. The van der Waals surface area contributed by atoms with Gasteiger partial charge >= 0.3 is 0 Å². The molecule has 1 N–H and O–H groups in total. The van der Waals surface area contributed by atoms with Crippen molar-refractivity contribution in [1.29, 1.82) is 0 Å². The predicted molar refractivity (Wildman–Crippen MR) is 89.0 cm³/mol. The third-order valence-electron chi connectivity index (χ3n) is 3.24. The summed E-state index contributed by atoms with van der Waals surface area (Å²) < 4.78 is 18.4. The van der Waals surface area contributed by atoms with E-state index in [1.54, 1.807) is 12.1 Å². The summed E-state index contributed by atoms with van der Waals surface area (Å²) in [5.74, 6) is 0.271. The number of anilines is 1. The number of nitrogens with zero attached hydrogens (tertiary/aromatic N) is 1. The Morgan fingerprint density at radius 3 is 2.57 bits per heavy atom. The van der Waals surface area contributed by atoms with Gasteiger partial charge in [0.2, 0.25) is 5.91 Å². The van der Waals surface area contributed by atoms with Gasteiger partial charge in [-0.1, -0.05) is 24.3 Å². The summed E-state index contributed by atoms with van der Waals surface area (Å²) in [4.78, 5) is 14.0. The smallest absolute Gasteiger partial charge is 0.238 e. The highest BCUT2D eigenvalue weighted by molar-refractivity contribution is 5.93. The van der Waals surface area contributed by atoms with Crippen molar-refractivity contribution in [3.05, 3.63) is 59.9 Å². The highest BCUT2D eigenvalue weighted by atomic mass is 19.1. The topological polar surface area (TPSA) is 41.6 Å². The van der Waals surface area contributed by atoms with Gasteiger partial charge in [-0.2, -0.15) is 0 Å². The van der Waals surface area contributed by atoms with Crippen LogP contribution in [0.25, 0.3) is 0 Å². The number of hydrogen-bond acceptors (Lipinski definition) is 3. The Balaban J connectivity index is 1.90. The van der Waals surface area contributed by atoms with Crippen molar-refractivity contribution in [2.45, 2.75) is 13.5 Å². The molecule has 0 aliphatic rings. The van der Waals surface area contributed by atoms with Gasteiger partial charge in [-0.15, -0.1) is 0 Å². The van der Waals surface area contributed by atoms with Gasteiger partial charge in [-0.05, 0) is 43.8 Å². The van der Waals surface area contributed by atoms with Gasteiger partial charge in [-0.3, -0.25) is 9.69 Å². The van der Waals surface area contributed by atoms with Crippen LogP contribution in [0.4, 0.5) is 10.1 Å². The molecule has 0 aromatic heterocycles. The van der Waals surface area contributed by atoms with Crippen LogP contribution in [0.1, 0.15) is 12.5 Å². The van der Waals surface area contributed by atoms with Gasteiger partial charge in [0.1, 0.15) is 11.6 Å². The number of benzene rings is 2. The Morgan fingerprint density at radius 1 is 1.17 bits per heavy atom. The molecule has 122 valence electrons. The van der Waals surface area contributed by atoms with E-state index in [2.05, 4.69) is 5.32 Å². The Hall–Kier alpha value is -2.40. The van der Waals surface area contributed by atoms with Crippen LogP contribution in [0.5, 0.6) is 5.75 Å². The number of carbonyl (C=O) groups excluding carboxylic acids is 1. The fourth-order valence-electron chi connectivity index (χ4n) is 2.24. The van der Waals surface area contributed by atoms with Gasteiger partial charge in [0.25, 0.3) is 0 Å². The highest BCUT2D eigenvalue weighted by Gasteiger charge is 2.10. The molecule has 2 aromatic carbocycles. The van der Waals surface area contributed by atoms with Crippen molar-refractivity contribution >= 4 is 11.6 Å². The first-order valence-corrected chi connectivity index (χ1v) is 7.53. The molecule has 0 saturated carbocycles. The van der Waals surface area contributed by atoms with Crippen LogP contribution in [-0.4, -0.2) is 31.0 Å². The third kappa shape index (κ3) is 5.38. The van der Waals surface area contributed by atoms with Crippen molar-refractivity contribution in [3.63, 3.8) is 0 Å². The highest BCUT2D eigenvalue weighted by Crippen LogP contribution is 2.23. The Bertz CT molecular complexity index is 644. The van der Waals surface area contributed by atoms with Crippen molar-refractivity contribution in [2.75, 3.05) is 25.5 Å². The molecule has 4 nitrogen and oxygen atoms in total. The Morgan fingerprint density at radius 2 is 1.87 bits per heavy atom. The number of likely N-dealkylation sites (N-methyl/N-ethyl adjacent to an activating group) is 1. The monoisotopic (exact) mass is 316 g/mol. The predicted octanol–water partition coefficient (Wildman–Crippen LogP) is 3.29. The van der Waals surface area contributed by atoms with Gasteiger partial charge in [0.15, 0.2) is 0 Å². The number of nitrogens with one attached hydrogen (secondary N) is 1. The standard InChI is InChI=1S/C18H21FN2O2/c1-3-23-17-7-5-4-6-16(17)20-18(22)13-21(2)12-14-8-10-15(19)11-9-14/h4-11H,3,12-13H2,1-2H3,(H,20,22). The molecule has 23 heavy (non-hydrogen) atoms. The molecule has 0 radical (unpaired) electrons. The molecule has 5 heteroatoms. The molecular weight excluding hydrogens is 295 g/mol. The minimum absolute atomic E-state index is 0.123. The van der Waals surface area contributed by atoms with E-state index in [9.17, 15) is 9.18 Å². The first kappa shape index (κ1) is 17.0. The van der Waals surface area contributed by atoms with E-state index in [1.165, 1.54) is 12.1 Å². The van der Waals surface area contributed by atoms with Crippen LogP contribution < -0.4 is 10.1 Å².